The third kappa shape index (κ3) is 37.5. The number of aliphatic hydroxyl groups excluding tert-OH is 5. The molecule has 0 saturated carbocycles. The molecule has 0 radical (unpaired) electrons. The van der Waals surface area contributed by atoms with E-state index in [0.717, 1.165) is 33.4 Å². The topological polar surface area (TPSA) is 215 Å². The van der Waals surface area contributed by atoms with Crippen LogP contribution in [0.3, 0.4) is 0 Å². The van der Waals surface area contributed by atoms with Gasteiger partial charge in [-0.05, 0) is 191 Å². The lowest BCUT2D eigenvalue weighted by molar-refractivity contribution is -0.166. The van der Waals surface area contributed by atoms with E-state index in [1.54, 1.807) is 49.4 Å². The molecule has 5 N–H and O–H groups in total. The number of ketones is 2. The van der Waals surface area contributed by atoms with Gasteiger partial charge < -0.3 is 48.5 Å². The Hall–Kier alpha value is -17.0. The van der Waals surface area contributed by atoms with Crippen molar-refractivity contribution in [2.45, 2.75) is 110 Å². The largest absolute Gasteiger partial charge is 0.409 e. The summed E-state index contributed by atoms with van der Waals surface area (Å²) < 4.78 is 54.3. The molecule has 2 heterocycles. The molecular weight excluding hydrogens is 1520 g/mol. The predicted octanol–water partition coefficient (Wildman–Crippen LogP) is 8.84. The van der Waals surface area contributed by atoms with E-state index in [4.69, 9.17) is 34.5 Å². The smallest absolute Gasteiger partial charge is 0.192 e. The van der Waals surface area contributed by atoms with Crippen LogP contribution in [0.4, 0.5) is 8.78 Å². The van der Waals surface area contributed by atoms with E-state index < -0.39 is 63.1 Å². The van der Waals surface area contributed by atoms with Crippen LogP contribution < -0.4 is 0 Å². The van der Waals surface area contributed by atoms with E-state index >= 15 is 0 Å². The maximum atomic E-state index is 13.2. The number of halogens is 2. The first-order valence-corrected chi connectivity index (χ1v) is 37.6. The lowest BCUT2D eigenvalue weighted by Gasteiger charge is -2.35. The second-order valence-corrected chi connectivity index (χ2v) is 29.1. The maximum Gasteiger partial charge on any atom is 0.192 e. The summed E-state index contributed by atoms with van der Waals surface area (Å²) in [6, 6.07) is 29.7. The third-order valence-corrected chi connectivity index (χ3v) is 19.7. The number of carbonyl (C=O) groups excluding carboxylic acids is 2. The summed E-state index contributed by atoms with van der Waals surface area (Å²) in [5, 5.41) is 57.3. The van der Waals surface area contributed by atoms with Crippen molar-refractivity contribution in [3.05, 3.63) is 155 Å². The first-order chi connectivity index (χ1) is 58.0. The van der Waals surface area contributed by atoms with Gasteiger partial charge in [-0.1, -0.05) is 110 Å². The average Bonchev–Trinajstić information content (AvgIpc) is 1.36. The Morgan fingerprint density at radius 3 is 0.842 bits per heavy atom. The molecule has 0 aliphatic heterocycles. The van der Waals surface area contributed by atoms with Crippen molar-refractivity contribution < 1.29 is 66.8 Å². The monoisotopic (exact) mass is 1580 g/mol. The zero-order valence-electron chi connectivity index (χ0n) is 65.6. The Bertz CT molecular complexity index is 6610. The van der Waals surface area contributed by atoms with Gasteiger partial charge in [0.15, 0.2) is 42.6 Å². The van der Waals surface area contributed by atoms with Crippen LogP contribution in [0.15, 0.2) is 118 Å². The minimum absolute atomic E-state index is 0.00217. The Balaban J connectivity index is 0.000000394. The summed E-state index contributed by atoms with van der Waals surface area (Å²) >= 11 is 0. The van der Waals surface area contributed by atoms with Crippen molar-refractivity contribution in [1.29, 1.82) is 0 Å². The Kier molecular flexibility index (Phi) is 44.0. The highest BCUT2D eigenvalue weighted by atomic mass is 28.4. The first-order valence-electron chi connectivity index (χ1n) is 34.7. The SMILES string of the molecule is C#CC#CC#CC#CC#CC#CC#CC#CC#CC#CC#CC#CC#CC#CC#CC#CC#CC#CC#CC#CC#CC#CC#CC#CC#CC#CC.CC(C)(C)[Si](C)(C)OCc1cc([C@H](O)[C@](C)(OCc2ccc(-c3ccc(F)cc3)cc2)C(=O)CO)no1.C[C@@](OCc1ccc(-c2ccc(F)cc2)cc1)(C(=O)CO)[C@@H](O)c1cc(CO)on1. The van der Waals surface area contributed by atoms with Gasteiger partial charge in [0.05, 0.1) is 19.8 Å². The van der Waals surface area contributed by atoms with Crippen LogP contribution in [0.25, 0.3) is 22.3 Å². The highest BCUT2D eigenvalue weighted by Gasteiger charge is 2.45. The number of ether oxygens (including phenoxy) is 2. The lowest BCUT2D eigenvalue weighted by atomic mass is 9.91. The lowest BCUT2D eigenvalue weighted by Crippen LogP contribution is -2.46. The number of nitrogens with zero attached hydrogens (tertiary/aromatic N) is 2. The molecule has 0 saturated heterocycles. The van der Waals surface area contributed by atoms with Gasteiger partial charge in [-0.3, -0.25) is 9.59 Å². The van der Waals surface area contributed by atoms with E-state index in [2.05, 4.69) is 346 Å². The number of terminal acetylenes is 1. The number of aliphatic hydroxyl groups is 5. The van der Waals surface area contributed by atoms with Gasteiger partial charge in [0.25, 0.3) is 0 Å². The quantitative estimate of drug-likeness (QED) is 0.0357. The summed E-state index contributed by atoms with van der Waals surface area (Å²) in [4.78, 5) is 25.0. The summed E-state index contributed by atoms with van der Waals surface area (Å²) in [6.07, 6.45) is 1.95. The molecular formula is C103H62F2N2O12Si. The fraction of sp³-hybridized carbons (Fsp3) is 0.184. The summed E-state index contributed by atoms with van der Waals surface area (Å²) in [5.41, 5.74) is 1.54. The minimum atomic E-state index is -2.02. The molecule has 574 valence electrons. The molecule has 0 aliphatic carbocycles. The number of carbonyl (C=O) groups is 2. The Labute approximate surface area is 701 Å². The van der Waals surface area contributed by atoms with Crippen LogP contribution in [-0.2, 0) is 49.9 Å². The number of hydrogen-bond acceptors (Lipinski definition) is 14. The maximum absolute atomic E-state index is 13.2. The van der Waals surface area contributed by atoms with Crippen LogP contribution in [0.2, 0.25) is 18.1 Å². The molecule has 0 bridgehead atoms. The standard InChI is InChI=1S/C53H4.C28H36FNO6Si.C22H22FNO6/c1-3-5-7-9-11-13-15-17-19-21-23-25-27-29-31-33-35-37-39-41-43-45-47-49-51-53-52-50-48-46-44-42-40-38-36-34-32-30-28-26-24-22-20-18-16-14-12-10-8-6-4-2;1-27(2,3)37(5,6)35-18-23-15-24(30-36-23)26(33)28(4,25(32)16-31)34-17-19-7-9-20(10-8-19)21-11-13-22(29)14-12-21;1-22(20(27)12-26,21(28)19-10-18(11-25)30-24-19)29-13-14-2-4-15(5-3-14)16-6-8-17(23)9-7-16/h1H,2H3;7-15,26,31,33H,16-18H2,1-6H3;2-10,21,25-26,28H,11-13H2,1H3/t;26-,28+;21-,22+/m.00/s1. The zero-order valence-corrected chi connectivity index (χ0v) is 66.6. The highest BCUT2D eigenvalue weighted by Crippen LogP contribution is 2.38. The van der Waals surface area contributed by atoms with Gasteiger partial charge in [-0.2, -0.15) is 0 Å². The molecule has 4 atom stereocenters. The fourth-order valence-electron chi connectivity index (χ4n) is 7.93. The molecule has 0 unspecified atom stereocenters. The molecule has 6 aromatic rings. The Morgan fingerprint density at radius 1 is 0.383 bits per heavy atom. The molecule has 0 fully saturated rings. The van der Waals surface area contributed by atoms with Crippen LogP contribution in [-0.4, -0.2) is 80.1 Å². The molecule has 0 amide bonds. The van der Waals surface area contributed by atoms with Crippen LogP contribution in [0, 0.1) is 320 Å². The van der Waals surface area contributed by atoms with E-state index in [0.29, 0.717) is 5.76 Å². The normalized spacial score (nSPS) is 9.88. The second kappa shape index (κ2) is 55.4. The number of benzene rings is 4. The van der Waals surface area contributed by atoms with Crippen molar-refractivity contribution >= 4 is 19.9 Å². The van der Waals surface area contributed by atoms with Crippen molar-refractivity contribution in [2.75, 3.05) is 13.2 Å². The van der Waals surface area contributed by atoms with Gasteiger partial charge in [-0.15, -0.1) is 6.42 Å². The van der Waals surface area contributed by atoms with Crippen molar-refractivity contribution in [2.24, 2.45) is 0 Å². The van der Waals surface area contributed by atoms with Gasteiger partial charge in [0.2, 0.25) is 0 Å². The van der Waals surface area contributed by atoms with Crippen molar-refractivity contribution in [3.8, 4) is 331 Å². The van der Waals surface area contributed by atoms with Crippen LogP contribution in [0.5, 0.6) is 0 Å². The fourth-order valence-corrected chi connectivity index (χ4v) is 8.87. The van der Waals surface area contributed by atoms with E-state index in [-0.39, 0.29) is 53.6 Å². The molecule has 17 heteroatoms. The molecule has 0 spiro atoms. The molecule has 14 nitrogen and oxygen atoms in total. The van der Waals surface area contributed by atoms with Crippen molar-refractivity contribution in [1.82, 2.24) is 10.3 Å². The third-order valence-electron chi connectivity index (χ3n) is 15.2. The number of Topliss-reactive ketones (excluding diaryl/α,β-unsaturated/α-hetero) is 2. The molecule has 0 aliphatic rings. The van der Waals surface area contributed by atoms with E-state index in [1.165, 1.54) is 44.2 Å². The summed E-state index contributed by atoms with van der Waals surface area (Å²) in [5.74, 6) is 125. The zero-order chi connectivity index (χ0) is 87.2. The van der Waals surface area contributed by atoms with Gasteiger partial charge in [0, 0.05) is 213 Å². The molecule has 2 aromatic heterocycles. The number of hydrogen-bond donors (Lipinski definition) is 5. The number of rotatable bonds is 20. The molecule has 4 aromatic carbocycles. The van der Waals surface area contributed by atoms with Crippen molar-refractivity contribution in [3.63, 3.8) is 0 Å². The van der Waals surface area contributed by atoms with Crippen LogP contribution in [0.1, 0.15) is 87.8 Å². The summed E-state index contributed by atoms with van der Waals surface area (Å²) in [6.45, 7) is 13.2. The number of aromatic nitrogens is 2. The highest BCUT2D eigenvalue weighted by molar-refractivity contribution is 6.74. The Morgan fingerprint density at radius 2 is 0.617 bits per heavy atom. The van der Waals surface area contributed by atoms with Gasteiger partial charge >= 0.3 is 0 Å². The minimum Gasteiger partial charge on any atom is -0.409 e. The first kappa shape index (κ1) is 95.3. The second-order valence-electron chi connectivity index (χ2n) is 24.3. The van der Waals surface area contributed by atoms with Gasteiger partial charge in [0.1, 0.15) is 55.1 Å². The molecule has 6 rings (SSSR count). The molecule has 120 heavy (non-hydrogen) atoms. The van der Waals surface area contributed by atoms with Crippen LogP contribution >= 0.6 is 0 Å². The van der Waals surface area contributed by atoms with E-state index in [9.17, 15) is 38.8 Å². The predicted molar refractivity (Wildman–Crippen MR) is 454 cm³/mol. The van der Waals surface area contributed by atoms with E-state index in [1.807, 2.05) is 36.4 Å². The summed E-state index contributed by atoms with van der Waals surface area (Å²) in [7, 11) is -2.02. The average molecular weight is 1590 g/mol. The van der Waals surface area contributed by atoms with Gasteiger partial charge in [-0.25, -0.2) is 8.78 Å².